The van der Waals surface area contributed by atoms with Crippen molar-refractivity contribution in [2.24, 2.45) is 0 Å². The minimum absolute atomic E-state index is 0.378. The molecule has 3 rings (SSSR count). The van der Waals surface area contributed by atoms with E-state index in [1.54, 1.807) is 6.07 Å². The number of pyridine rings is 1. The summed E-state index contributed by atoms with van der Waals surface area (Å²) in [7, 11) is 0. The topological polar surface area (TPSA) is 50.1 Å². The molecule has 0 aliphatic rings. The lowest BCUT2D eigenvalue weighted by Gasteiger charge is -1.94. The van der Waals surface area contributed by atoms with Crippen LogP contribution in [-0.4, -0.2) is 10.2 Å². The molecule has 0 spiro atoms. The van der Waals surface area contributed by atoms with Gasteiger partial charge in [0.15, 0.2) is 5.58 Å². The maximum absolute atomic E-state index is 9.24. The van der Waals surface area contributed by atoms with E-state index in [4.69, 9.17) is 16.0 Å². The summed E-state index contributed by atoms with van der Waals surface area (Å²) in [6.07, 6.45) is 2.86. The Bertz CT molecular complexity index is 737. The highest BCUT2D eigenvalue weighted by atomic mass is 35.5. The van der Waals surface area contributed by atoms with Crippen LogP contribution < -0.4 is 4.73 Å². The van der Waals surface area contributed by atoms with Gasteiger partial charge < -0.3 is 4.42 Å². The first-order valence-electron chi connectivity index (χ1n) is 5.41. The molecule has 0 bridgehead atoms. The Hall–Kier alpha value is -2.07. The first kappa shape index (κ1) is 11.0. The van der Waals surface area contributed by atoms with E-state index in [1.165, 1.54) is 12.4 Å². The first-order valence-corrected chi connectivity index (χ1v) is 5.79. The van der Waals surface area contributed by atoms with Crippen molar-refractivity contribution in [2.45, 2.75) is 6.92 Å². The molecule has 0 aliphatic carbocycles. The van der Waals surface area contributed by atoms with Crippen molar-refractivity contribution < 1.29 is 14.4 Å². The number of rotatable bonds is 1. The number of fused-ring (bicyclic) bond motifs is 1. The summed E-state index contributed by atoms with van der Waals surface area (Å²) in [5.74, 6) is 0.446. The molecular formula is C13H10ClN2O2+. The fourth-order valence-electron chi connectivity index (χ4n) is 1.79. The zero-order valence-electron chi connectivity index (χ0n) is 9.59. The summed E-state index contributed by atoms with van der Waals surface area (Å²) >= 11 is 6.04. The van der Waals surface area contributed by atoms with Gasteiger partial charge >= 0.3 is 0 Å². The molecule has 1 N–H and O–H groups in total. The van der Waals surface area contributed by atoms with Gasteiger partial charge in [-0.25, -0.2) is 4.98 Å². The van der Waals surface area contributed by atoms with Crippen LogP contribution in [0.1, 0.15) is 5.56 Å². The second-order valence-electron chi connectivity index (χ2n) is 4.08. The van der Waals surface area contributed by atoms with Crippen molar-refractivity contribution in [1.29, 1.82) is 0 Å². The van der Waals surface area contributed by atoms with Gasteiger partial charge in [-0.1, -0.05) is 17.7 Å². The van der Waals surface area contributed by atoms with Gasteiger partial charge in [0.2, 0.25) is 18.3 Å². The summed E-state index contributed by atoms with van der Waals surface area (Å²) in [6.45, 7) is 2.00. The fourth-order valence-corrected chi connectivity index (χ4v) is 2.03. The predicted octanol–water partition coefficient (Wildman–Crippen LogP) is 2.98. The van der Waals surface area contributed by atoms with Crippen molar-refractivity contribution in [3.05, 3.63) is 47.2 Å². The van der Waals surface area contributed by atoms with E-state index in [0.717, 1.165) is 15.8 Å². The smallest absolute Gasteiger partial charge is 0.241 e. The summed E-state index contributed by atoms with van der Waals surface area (Å²) in [5, 5.41) is 9.62. The lowest BCUT2D eigenvalue weighted by Crippen LogP contribution is -2.28. The number of oxazole rings is 1. The monoisotopic (exact) mass is 261 g/mol. The average Bonchev–Trinajstić information content (AvgIpc) is 2.71. The summed E-state index contributed by atoms with van der Waals surface area (Å²) in [4.78, 5) is 4.39. The second-order valence-corrected chi connectivity index (χ2v) is 4.48. The molecule has 1 aromatic carbocycles. The quantitative estimate of drug-likeness (QED) is 0.541. The van der Waals surface area contributed by atoms with Gasteiger partial charge in [0, 0.05) is 10.8 Å². The second kappa shape index (κ2) is 3.99. The minimum Gasteiger partial charge on any atom is -0.436 e. The summed E-state index contributed by atoms with van der Waals surface area (Å²) < 4.78 is 6.53. The van der Waals surface area contributed by atoms with Crippen LogP contribution in [0.15, 0.2) is 41.1 Å². The number of nitrogens with zero attached hydrogens (tertiary/aromatic N) is 2. The van der Waals surface area contributed by atoms with E-state index in [2.05, 4.69) is 4.98 Å². The number of aryl methyl sites for hydroxylation is 1. The van der Waals surface area contributed by atoms with Crippen LogP contribution in [0.3, 0.4) is 0 Å². The van der Waals surface area contributed by atoms with E-state index < -0.39 is 0 Å². The van der Waals surface area contributed by atoms with Gasteiger partial charge in [-0.15, -0.1) is 0 Å². The maximum Gasteiger partial charge on any atom is 0.241 e. The van der Waals surface area contributed by atoms with E-state index in [-0.39, 0.29) is 0 Å². The van der Waals surface area contributed by atoms with E-state index in [1.807, 2.05) is 25.1 Å². The van der Waals surface area contributed by atoms with Gasteiger partial charge in [0.1, 0.15) is 10.5 Å². The molecular weight excluding hydrogens is 252 g/mol. The minimum atomic E-state index is 0.378. The lowest BCUT2D eigenvalue weighted by atomic mass is 10.2. The number of hydrogen-bond acceptors (Lipinski definition) is 3. The van der Waals surface area contributed by atoms with Crippen molar-refractivity contribution in [2.75, 3.05) is 0 Å². The Balaban J connectivity index is 2.19. The van der Waals surface area contributed by atoms with E-state index in [0.29, 0.717) is 22.1 Å². The maximum atomic E-state index is 9.24. The molecule has 18 heavy (non-hydrogen) atoms. The average molecular weight is 262 g/mol. The van der Waals surface area contributed by atoms with Crippen molar-refractivity contribution >= 4 is 22.7 Å². The van der Waals surface area contributed by atoms with Gasteiger partial charge in [-0.2, -0.15) is 0 Å². The van der Waals surface area contributed by atoms with E-state index >= 15 is 0 Å². The normalized spacial score (nSPS) is 11.0. The molecule has 0 saturated heterocycles. The highest BCUT2D eigenvalue weighted by molar-refractivity contribution is 6.32. The number of hydrogen-bond donors (Lipinski definition) is 1. The van der Waals surface area contributed by atoms with Crippen molar-refractivity contribution in [3.63, 3.8) is 0 Å². The molecule has 2 aromatic heterocycles. The van der Waals surface area contributed by atoms with Crippen LogP contribution in [0.25, 0.3) is 22.6 Å². The zero-order chi connectivity index (χ0) is 12.7. The molecule has 0 saturated carbocycles. The Kier molecular flexibility index (Phi) is 2.45. The molecule has 2 heterocycles. The van der Waals surface area contributed by atoms with Crippen molar-refractivity contribution in [3.8, 4) is 11.5 Å². The van der Waals surface area contributed by atoms with Gasteiger partial charge in [0.25, 0.3) is 0 Å². The Morgan fingerprint density at radius 1 is 1.33 bits per heavy atom. The Morgan fingerprint density at radius 2 is 2.17 bits per heavy atom. The number of aromatic nitrogens is 2. The van der Waals surface area contributed by atoms with Crippen molar-refractivity contribution in [1.82, 2.24) is 4.98 Å². The SMILES string of the molecule is Cc1ccc2oc(-c3cc[n+](O)cc3Cl)nc2c1. The molecule has 4 nitrogen and oxygen atoms in total. The van der Waals surface area contributed by atoms with Crippen LogP contribution in [0, 0.1) is 6.92 Å². The van der Waals surface area contributed by atoms with Crippen LogP contribution >= 0.6 is 11.6 Å². The zero-order valence-corrected chi connectivity index (χ0v) is 10.3. The Labute approximate surface area is 108 Å². The van der Waals surface area contributed by atoms with Gasteiger partial charge in [-0.05, 0) is 24.6 Å². The highest BCUT2D eigenvalue weighted by Gasteiger charge is 2.14. The highest BCUT2D eigenvalue weighted by Crippen LogP contribution is 2.28. The van der Waals surface area contributed by atoms with Gasteiger partial charge in [0.05, 0.1) is 5.56 Å². The van der Waals surface area contributed by atoms with Gasteiger partial charge in [-0.3, -0.25) is 5.21 Å². The lowest BCUT2D eigenvalue weighted by molar-refractivity contribution is -0.904. The molecule has 5 heteroatoms. The standard InChI is InChI=1S/C13H10ClN2O2/c1-8-2-3-12-11(6-8)15-13(18-12)9-4-5-16(17)7-10(9)14/h2-7,17H,1H3/q+1. The Morgan fingerprint density at radius 3 is 2.94 bits per heavy atom. The molecule has 0 unspecified atom stereocenters. The third-order valence-electron chi connectivity index (χ3n) is 2.67. The summed E-state index contributed by atoms with van der Waals surface area (Å²) in [6, 6.07) is 7.45. The predicted molar refractivity (Wildman–Crippen MR) is 66.6 cm³/mol. The molecule has 90 valence electrons. The first-order chi connectivity index (χ1) is 8.63. The summed E-state index contributed by atoms with van der Waals surface area (Å²) in [5.41, 5.74) is 3.28. The van der Waals surface area contributed by atoms with E-state index in [9.17, 15) is 5.21 Å². The third kappa shape index (κ3) is 1.80. The van der Waals surface area contributed by atoms with Crippen LogP contribution in [0.2, 0.25) is 5.02 Å². The molecule has 0 amide bonds. The fraction of sp³-hybridized carbons (Fsp3) is 0.0769. The molecule has 0 radical (unpaired) electrons. The number of halogens is 1. The molecule has 0 fully saturated rings. The third-order valence-corrected chi connectivity index (χ3v) is 2.97. The molecule has 0 atom stereocenters. The molecule has 3 aromatic rings. The van der Waals surface area contributed by atoms with Crippen LogP contribution in [0.5, 0.6) is 0 Å². The van der Waals surface area contributed by atoms with Crippen LogP contribution in [-0.2, 0) is 0 Å². The van der Waals surface area contributed by atoms with Crippen LogP contribution in [0.4, 0.5) is 0 Å². The largest absolute Gasteiger partial charge is 0.436 e. The number of benzene rings is 1. The molecule has 0 aliphatic heterocycles.